The molecular weight excluding hydrogens is 393 g/mol. The molecule has 0 heterocycles. The summed E-state index contributed by atoms with van der Waals surface area (Å²) in [7, 11) is 20.9. The van der Waals surface area contributed by atoms with Crippen molar-refractivity contribution in [2.24, 2.45) is 0 Å². The molecule has 1 atom stereocenters. The Hall–Kier alpha value is 0.140. The lowest BCUT2D eigenvalue weighted by atomic mass is 10.2. The van der Waals surface area contributed by atoms with Crippen LogP contribution in [0.15, 0.2) is 24.3 Å². The molecular formula is C18H40N6P3+. The maximum atomic E-state index is 3.94. The lowest BCUT2D eigenvalue weighted by Crippen LogP contribution is -2.40. The van der Waals surface area contributed by atoms with Gasteiger partial charge >= 0.3 is 0 Å². The summed E-state index contributed by atoms with van der Waals surface area (Å²) < 4.78 is 11.9. The van der Waals surface area contributed by atoms with E-state index in [1.54, 1.807) is 0 Å². The van der Waals surface area contributed by atoms with Gasteiger partial charge in [-0.05, 0) is 53.2 Å². The molecule has 0 bridgehead atoms. The first kappa shape index (κ1) is 25.2. The fraction of sp³-hybridized carbons (Fsp3) is 0.611. The monoisotopic (exact) mass is 433 g/mol. The van der Waals surface area contributed by atoms with Crippen molar-refractivity contribution in [2.75, 3.05) is 70.5 Å². The molecule has 0 saturated carbocycles. The van der Waals surface area contributed by atoms with Gasteiger partial charge in [0.15, 0.2) is 0 Å². The summed E-state index contributed by atoms with van der Waals surface area (Å²) in [6.07, 6.45) is 0. The summed E-state index contributed by atoms with van der Waals surface area (Å²) >= 11 is 0. The van der Waals surface area contributed by atoms with Crippen molar-refractivity contribution in [1.29, 1.82) is 0 Å². The highest BCUT2D eigenvalue weighted by Gasteiger charge is 2.47. The van der Waals surface area contributed by atoms with Gasteiger partial charge in [0.25, 0.3) is 7.71 Å². The molecule has 0 spiro atoms. The molecule has 9 heteroatoms. The molecule has 1 aromatic rings. The highest BCUT2D eigenvalue weighted by Crippen LogP contribution is 2.65. The molecule has 156 valence electrons. The molecule has 0 radical (unpaired) electrons. The van der Waals surface area contributed by atoms with Crippen molar-refractivity contribution in [3.8, 4) is 0 Å². The second-order valence-corrected chi connectivity index (χ2v) is 16.1. The summed E-state index contributed by atoms with van der Waals surface area (Å²) in [6, 6.07) is 8.68. The van der Waals surface area contributed by atoms with Gasteiger partial charge in [-0.3, -0.25) is 14.0 Å². The number of benzene rings is 1. The molecule has 0 fully saturated rings. The molecule has 0 amide bonds. The maximum absolute atomic E-state index is 3.94. The summed E-state index contributed by atoms with van der Waals surface area (Å²) in [5.41, 5.74) is 3.88. The number of nitrogens with one attached hydrogen (secondary N) is 1. The fourth-order valence-electron chi connectivity index (χ4n) is 3.33. The maximum Gasteiger partial charge on any atom is 0.255 e. The average molecular weight is 433 g/mol. The van der Waals surface area contributed by atoms with E-state index in [2.05, 4.69) is 138 Å². The summed E-state index contributed by atoms with van der Waals surface area (Å²) in [5, 5.41) is 5.15. The van der Waals surface area contributed by atoms with Crippen LogP contribution in [0.25, 0.3) is 0 Å². The normalized spacial score (nSPS) is 13.5. The Morgan fingerprint density at radius 2 is 1.22 bits per heavy atom. The van der Waals surface area contributed by atoms with E-state index in [0.717, 1.165) is 6.54 Å². The van der Waals surface area contributed by atoms with E-state index in [4.69, 9.17) is 0 Å². The zero-order valence-electron chi connectivity index (χ0n) is 18.8. The van der Waals surface area contributed by atoms with Crippen molar-refractivity contribution in [3.63, 3.8) is 0 Å². The molecule has 0 saturated heterocycles. The number of rotatable bonds is 9. The average Bonchev–Trinajstić information content (AvgIpc) is 2.55. The Labute approximate surface area is 170 Å². The van der Waals surface area contributed by atoms with Crippen molar-refractivity contribution >= 4 is 35.1 Å². The fourth-order valence-corrected chi connectivity index (χ4v) is 13.6. The molecule has 1 aromatic carbocycles. The van der Waals surface area contributed by atoms with Gasteiger partial charge in [-0.1, -0.05) is 24.3 Å². The highest BCUT2D eigenvalue weighted by atomic mass is 31.2. The first-order chi connectivity index (χ1) is 12.4. The van der Waals surface area contributed by atoms with Crippen molar-refractivity contribution in [1.82, 2.24) is 28.4 Å². The Morgan fingerprint density at radius 1 is 0.815 bits per heavy atom. The van der Waals surface area contributed by atoms with E-state index in [-0.39, 0.29) is 0 Å². The quantitative estimate of drug-likeness (QED) is 0.602. The second-order valence-electron chi connectivity index (χ2n) is 7.69. The van der Waals surface area contributed by atoms with Crippen molar-refractivity contribution < 1.29 is 0 Å². The van der Waals surface area contributed by atoms with Crippen LogP contribution in [-0.2, 0) is 6.54 Å². The van der Waals surface area contributed by atoms with E-state index < -0.39 is 15.1 Å². The highest BCUT2D eigenvalue weighted by molar-refractivity contribution is 7.96. The van der Waals surface area contributed by atoms with Crippen LogP contribution in [0.4, 0.5) is 0 Å². The van der Waals surface area contributed by atoms with Gasteiger partial charge in [-0.2, -0.15) is 14.4 Å². The molecule has 0 aliphatic heterocycles. The summed E-state index contributed by atoms with van der Waals surface area (Å²) in [4.78, 5) is 0. The molecule has 1 rings (SSSR count). The van der Waals surface area contributed by atoms with E-state index in [9.17, 15) is 0 Å². The zero-order valence-corrected chi connectivity index (χ0v) is 21.7. The molecule has 1 unspecified atom stereocenters. The van der Waals surface area contributed by atoms with Gasteiger partial charge in [0.05, 0.1) is 6.54 Å². The number of hydrogen-bond donors (Lipinski definition) is 1. The lowest BCUT2D eigenvalue weighted by Gasteiger charge is -2.45. The third kappa shape index (κ3) is 5.60. The van der Waals surface area contributed by atoms with Crippen LogP contribution < -0.4 is 10.4 Å². The van der Waals surface area contributed by atoms with Gasteiger partial charge < -0.3 is 0 Å². The topological polar surface area (TPSA) is 28.2 Å². The molecule has 0 aliphatic carbocycles. The van der Waals surface area contributed by atoms with Crippen LogP contribution >= 0.6 is 24.3 Å². The molecule has 6 nitrogen and oxygen atoms in total. The van der Waals surface area contributed by atoms with Gasteiger partial charge in [0.1, 0.15) is 12.9 Å². The second kappa shape index (κ2) is 10.3. The largest absolute Gasteiger partial charge is 0.264 e. The van der Waals surface area contributed by atoms with Crippen LogP contribution in [0.3, 0.4) is 0 Å². The molecule has 1 N–H and O–H groups in total. The smallest absolute Gasteiger partial charge is 0.255 e. The minimum atomic E-state index is -1.89. The predicted octanol–water partition coefficient (Wildman–Crippen LogP) is 2.37. The van der Waals surface area contributed by atoms with Gasteiger partial charge in [-0.15, -0.1) is 9.24 Å². The van der Waals surface area contributed by atoms with E-state index in [1.807, 2.05) is 0 Å². The third-order valence-electron chi connectivity index (χ3n) is 4.80. The van der Waals surface area contributed by atoms with E-state index in [0.29, 0.717) is 0 Å². The van der Waals surface area contributed by atoms with Crippen LogP contribution in [0, 0.1) is 0 Å². The lowest BCUT2D eigenvalue weighted by molar-refractivity contribution is 0.483. The van der Waals surface area contributed by atoms with Crippen molar-refractivity contribution in [2.45, 2.75) is 6.54 Å². The molecule has 0 aliphatic rings. The Morgan fingerprint density at radius 3 is 1.56 bits per heavy atom. The third-order valence-corrected chi connectivity index (χ3v) is 14.3. The van der Waals surface area contributed by atoms with Crippen LogP contribution in [0.1, 0.15) is 5.56 Å². The van der Waals surface area contributed by atoms with Crippen LogP contribution in [-0.4, -0.2) is 99.4 Å². The van der Waals surface area contributed by atoms with Crippen LogP contribution in [0.5, 0.6) is 0 Å². The standard InChI is InChI=1S/C18H40N6P3/c1-20(2)26(21(3)4,19-15-17-11-13-18(25)14-12-17)16-27(22(5)6,23(7)8)24(9)10/h11-14,16,19H,15,25H2,1-10H3/q+1. The van der Waals surface area contributed by atoms with E-state index in [1.165, 1.54) is 10.9 Å². The molecule has 0 aromatic heterocycles. The SMILES string of the molecule is CN(C)P(=C[P+](NCc1ccc(P)cc1)(N(C)C)N(C)C)(N(C)C)N(C)C. The van der Waals surface area contributed by atoms with Gasteiger partial charge in [0.2, 0.25) is 0 Å². The Kier molecular flexibility index (Phi) is 9.56. The molecule has 27 heavy (non-hydrogen) atoms. The minimum absolute atomic E-state index is 0.833. The van der Waals surface area contributed by atoms with Crippen LogP contribution in [0.2, 0.25) is 0 Å². The van der Waals surface area contributed by atoms with E-state index >= 15 is 0 Å². The number of nitrogens with zero attached hydrogens (tertiary/aromatic N) is 5. The zero-order chi connectivity index (χ0) is 21.0. The Balaban J connectivity index is 3.51. The van der Waals surface area contributed by atoms with Gasteiger partial charge in [0, 0.05) is 28.2 Å². The number of hydrogen-bond acceptors (Lipinski definition) is 6. The predicted molar refractivity (Wildman–Crippen MR) is 131 cm³/mol. The Bertz CT molecular complexity index is 604. The minimum Gasteiger partial charge on any atom is -0.264 e. The first-order valence-corrected chi connectivity index (χ1v) is 13.1. The van der Waals surface area contributed by atoms with Crippen molar-refractivity contribution in [3.05, 3.63) is 29.8 Å². The first-order valence-electron chi connectivity index (χ1n) is 9.03. The summed E-state index contributed by atoms with van der Waals surface area (Å²) in [5.74, 6) is 0. The van der Waals surface area contributed by atoms with Gasteiger partial charge in [-0.25, -0.2) is 0 Å². The summed E-state index contributed by atoms with van der Waals surface area (Å²) in [6.45, 7) is 0.833.